The predicted molar refractivity (Wildman–Crippen MR) is 44.9 cm³/mol. The first-order valence-electron chi connectivity index (χ1n) is 2.36. The van der Waals surface area contributed by atoms with Gasteiger partial charge in [-0.05, 0) is 6.26 Å². The second-order valence-corrected chi connectivity index (χ2v) is 2.12. The number of nitrogens with one attached hydrogen (secondary N) is 1. The van der Waals surface area contributed by atoms with Crippen LogP contribution in [0.1, 0.15) is 0 Å². The van der Waals surface area contributed by atoms with Gasteiger partial charge in [0.2, 0.25) is 0 Å². The van der Waals surface area contributed by atoms with Crippen LogP contribution in [0.25, 0.3) is 0 Å². The Balaban J connectivity index is 0. The molecule has 0 aromatic heterocycles. The molecule has 8 heavy (non-hydrogen) atoms. The van der Waals surface area contributed by atoms with E-state index in [0.717, 1.165) is 73.6 Å². The van der Waals surface area contributed by atoms with Crippen molar-refractivity contribution in [3.8, 4) is 0 Å². The van der Waals surface area contributed by atoms with Crippen LogP contribution in [-0.4, -0.2) is 84.2 Å². The standard InChI is InChI=1S/C2H6N2S2.2Cs/c1-6-2(5)4-3;;/h3H2,1H3,(H,4,5);;. The zero-order chi connectivity index (χ0) is 6.99. The van der Waals surface area contributed by atoms with E-state index in [2.05, 4.69) is 17.6 Å². The van der Waals surface area contributed by atoms with Gasteiger partial charge in [0.25, 0.3) is 0 Å². The molecule has 0 aliphatic heterocycles. The summed E-state index contributed by atoms with van der Waals surface area (Å²) >= 11 is 8.23. The predicted octanol–water partition coefficient (Wildman–Crippen LogP) is -0.664. The zero-order valence-corrected chi connectivity index (χ0v) is 19.6. The molecular formula is C2H6Cs2N2S2. The Hall–Kier alpha value is 4.30. The van der Waals surface area contributed by atoms with Crippen LogP contribution >= 0.6 is 24.0 Å². The van der Waals surface area contributed by atoms with Crippen LogP contribution in [0, 0.1) is 0 Å². The van der Waals surface area contributed by atoms with Gasteiger partial charge in [-0.15, -0.1) is 0 Å². The summed E-state index contributed by atoms with van der Waals surface area (Å²) < 4.78 is 0.620. The summed E-state index contributed by atoms with van der Waals surface area (Å²) in [5.74, 6) is 4.87. The molecule has 3 N–H and O–H groups in total. The number of thiocarbonyl (C=S) groups is 1. The fraction of sp³-hybridized carbons (Fsp3) is 0.500. The molecule has 0 amide bonds. The molecule has 0 heterocycles. The summed E-state index contributed by atoms with van der Waals surface area (Å²) in [4.78, 5) is 0. The van der Waals surface area contributed by atoms with E-state index >= 15 is 0 Å². The first-order chi connectivity index (χ1) is 3.81. The van der Waals surface area contributed by atoms with E-state index in [1.54, 1.807) is 0 Å². The molecule has 0 fully saturated rings. The number of hydrogen-bond donors (Lipinski definition) is 2. The van der Waals surface area contributed by atoms with Gasteiger partial charge >= 0.3 is 73.6 Å². The summed E-state index contributed by atoms with van der Waals surface area (Å²) in [6.07, 6.45) is 1.86. The first kappa shape index (κ1) is 14.8. The van der Waals surface area contributed by atoms with Gasteiger partial charge < -0.3 is 5.43 Å². The van der Waals surface area contributed by atoms with Crippen molar-refractivity contribution in [1.29, 1.82) is 0 Å². The SMILES string of the molecule is CSC(=S)NN.[Cs][Cs]. The Morgan fingerprint density at radius 3 is 2.12 bits per heavy atom. The summed E-state index contributed by atoms with van der Waals surface area (Å²) in [5.41, 5.74) is 2.31. The van der Waals surface area contributed by atoms with Crippen molar-refractivity contribution in [1.82, 2.24) is 5.43 Å². The molecule has 6 heteroatoms. The van der Waals surface area contributed by atoms with Gasteiger partial charge in [0.15, 0.2) is 0 Å². The van der Waals surface area contributed by atoms with Crippen LogP contribution in [0.3, 0.4) is 0 Å². The Morgan fingerprint density at radius 1 is 1.75 bits per heavy atom. The quantitative estimate of drug-likeness (QED) is 0.329. The topological polar surface area (TPSA) is 38.0 Å². The molecule has 0 aromatic carbocycles. The van der Waals surface area contributed by atoms with Crippen molar-refractivity contribution in [3.05, 3.63) is 0 Å². The molecule has 0 unspecified atom stereocenters. The molecular weight excluding hydrogens is 382 g/mol. The van der Waals surface area contributed by atoms with E-state index < -0.39 is 0 Å². The van der Waals surface area contributed by atoms with Crippen molar-refractivity contribution in [2.24, 2.45) is 5.84 Å². The van der Waals surface area contributed by atoms with Crippen LogP contribution in [0.4, 0.5) is 0 Å². The van der Waals surface area contributed by atoms with E-state index in [1.165, 1.54) is 11.8 Å². The third-order valence-electron chi connectivity index (χ3n) is 0.303. The summed E-state index contributed by atoms with van der Waals surface area (Å²) in [5, 5.41) is 0. The second kappa shape index (κ2) is 13.9. The van der Waals surface area contributed by atoms with Crippen molar-refractivity contribution < 1.29 is 0 Å². The number of hydrazine groups is 1. The zero-order valence-electron chi connectivity index (χ0n) is 5.39. The van der Waals surface area contributed by atoms with Crippen molar-refractivity contribution in [3.63, 3.8) is 0 Å². The van der Waals surface area contributed by atoms with Gasteiger partial charge in [0.1, 0.15) is 4.32 Å². The van der Waals surface area contributed by atoms with Crippen LogP contribution in [-0.2, 0) is 0 Å². The third-order valence-corrected chi connectivity index (χ3v) is 1.41. The Morgan fingerprint density at radius 2 is 2.12 bits per heavy atom. The molecule has 0 saturated carbocycles. The molecule has 0 rings (SSSR count). The van der Waals surface area contributed by atoms with E-state index in [4.69, 9.17) is 5.84 Å². The van der Waals surface area contributed by atoms with Crippen LogP contribution in [0.15, 0.2) is 0 Å². The number of hydrogen-bond acceptors (Lipinski definition) is 3. The molecule has 0 atom stereocenters. The van der Waals surface area contributed by atoms with E-state index in [0.29, 0.717) is 4.32 Å². The number of rotatable bonds is 0. The van der Waals surface area contributed by atoms with Crippen LogP contribution in [0.2, 0.25) is 0 Å². The number of thioether (sulfide) groups is 1. The molecule has 2 nitrogen and oxygen atoms in total. The van der Waals surface area contributed by atoms with E-state index in [1.807, 2.05) is 6.26 Å². The minimum atomic E-state index is 0.620. The van der Waals surface area contributed by atoms with Crippen molar-refractivity contribution in [2.75, 3.05) is 6.26 Å². The maximum absolute atomic E-state index is 4.87. The van der Waals surface area contributed by atoms with Crippen LogP contribution in [0.5, 0.6) is 0 Å². The molecule has 0 spiro atoms. The molecule has 0 aromatic rings. The van der Waals surface area contributed by atoms with E-state index in [9.17, 15) is 0 Å². The van der Waals surface area contributed by atoms with Gasteiger partial charge in [-0.1, -0.05) is 24.0 Å². The van der Waals surface area contributed by atoms with Gasteiger partial charge in [0.05, 0.1) is 0 Å². The Labute approximate surface area is 113 Å². The van der Waals surface area contributed by atoms with Gasteiger partial charge in [-0.3, -0.25) is 0 Å². The van der Waals surface area contributed by atoms with Crippen molar-refractivity contribution >= 4 is 102 Å². The summed E-state index contributed by atoms with van der Waals surface area (Å²) in [6.45, 7) is 0. The molecule has 0 saturated heterocycles. The first-order valence-corrected chi connectivity index (χ1v) is 56.0. The second-order valence-electron chi connectivity index (χ2n) is 0.636. The van der Waals surface area contributed by atoms with Gasteiger partial charge in [0, 0.05) is 0 Å². The molecule has 0 aliphatic carbocycles. The molecule has 38 valence electrons. The third kappa shape index (κ3) is 12.9. The molecule has 0 radical (unpaired) electrons. The summed E-state index contributed by atoms with van der Waals surface area (Å²) in [6, 6.07) is 0. The minimum absolute atomic E-state index is 0.620. The number of nitrogens with two attached hydrogens (primary N) is 1. The fourth-order valence-electron chi connectivity index (χ4n) is 0.0589. The van der Waals surface area contributed by atoms with Crippen LogP contribution < -0.4 is 11.3 Å². The molecule has 0 aliphatic rings. The normalized spacial score (nSPS) is 6.75. The average Bonchev–Trinajstić information content (AvgIpc) is 1.91. The van der Waals surface area contributed by atoms with Gasteiger partial charge in [-0.2, -0.15) is 0 Å². The van der Waals surface area contributed by atoms with Gasteiger partial charge in [-0.25, -0.2) is 5.84 Å². The summed E-state index contributed by atoms with van der Waals surface area (Å²) in [7, 11) is 0. The Kier molecular flexibility index (Phi) is 25.7. The molecule has 0 bridgehead atoms. The Bertz CT molecular complexity index is 54.0. The average molecular weight is 388 g/mol. The fourth-order valence-corrected chi connectivity index (χ4v) is 0.177. The van der Waals surface area contributed by atoms with Crippen molar-refractivity contribution in [2.45, 2.75) is 0 Å². The maximum atomic E-state index is 4.87. The van der Waals surface area contributed by atoms with E-state index in [-0.39, 0.29) is 0 Å². The monoisotopic (exact) mass is 388 g/mol.